The van der Waals surface area contributed by atoms with Crippen molar-refractivity contribution in [3.05, 3.63) is 53.9 Å². The molecule has 0 bridgehead atoms. The molecule has 1 aliphatic rings. The molecule has 0 unspecified atom stereocenters. The van der Waals surface area contributed by atoms with Gasteiger partial charge in [0.15, 0.2) is 5.96 Å². The van der Waals surface area contributed by atoms with Gasteiger partial charge in [-0.15, -0.1) is 24.0 Å². The summed E-state index contributed by atoms with van der Waals surface area (Å²) < 4.78 is 4.85. The van der Waals surface area contributed by atoms with E-state index in [0.29, 0.717) is 6.54 Å². The zero-order chi connectivity index (χ0) is 16.0. The third kappa shape index (κ3) is 4.49. The first-order valence-corrected chi connectivity index (χ1v) is 8.22. The lowest BCUT2D eigenvalue weighted by Crippen LogP contribution is -2.44. The summed E-state index contributed by atoms with van der Waals surface area (Å²) in [6.45, 7) is 1.50. The molecule has 0 atom stereocenters. The minimum atomic E-state index is 0. The lowest BCUT2D eigenvalue weighted by molar-refractivity contribution is 0.410. The van der Waals surface area contributed by atoms with Gasteiger partial charge in [0.05, 0.1) is 6.54 Å². The molecule has 1 aliphatic carbocycles. The van der Waals surface area contributed by atoms with E-state index < -0.39 is 0 Å². The SMILES string of the molecule is CN=C(NCc1ccon1)NCC1(c2ccccc2)CCCC1.I. The number of aromatic nitrogens is 1. The van der Waals surface area contributed by atoms with Gasteiger partial charge in [-0.2, -0.15) is 0 Å². The molecule has 1 saturated carbocycles. The van der Waals surface area contributed by atoms with Crippen LogP contribution in [0.3, 0.4) is 0 Å². The van der Waals surface area contributed by atoms with Crippen LogP contribution in [-0.4, -0.2) is 24.7 Å². The van der Waals surface area contributed by atoms with Crippen molar-refractivity contribution >= 4 is 29.9 Å². The molecule has 3 rings (SSSR count). The van der Waals surface area contributed by atoms with Gasteiger partial charge in [0.2, 0.25) is 0 Å². The molecule has 0 amide bonds. The van der Waals surface area contributed by atoms with E-state index in [1.807, 2.05) is 6.07 Å². The molecule has 130 valence electrons. The number of aliphatic imine (C=N–C) groups is 1. The fraction of sp³-hybridized carbons (Fsp3) is 0.444. The van der Waals surface area contributed by atoms with E-state index in [-0.39, 0.29) is 29.4 Å². The van der Waals surface area contributed by atoms with Crippen LogP contribution in [-0.2, 0) is 12.0 Å². The summed E-state index contributed by atoms with van der Waals surface area (Å²) in [6, 6.07) is 12.7. The molecular weight excluding hydrogens is 415 g/mol. The van der Waals surface area contributed by atoms with Crippen LogP contribution < -0.4 is 10.6 Å². The van der Waals surface area contributed by atoms with Crippen LogP contribution in [0.25, 0.3) is 0 Å². The van der Waals surface area contributed by atoms with Crippen LogP contribution in [0, 0.1) is 0 Å². The van der Waals surface area contributed by atoms with Crippen molar-refractivity contribution in [1.82, 2.24) is 15.8 Å². The molecule has 2 aromatic rings. The molecule has 0 aliphatic heterocycles. The average molecular weight is 440 g/mol. The predicted molar refractivity (Wildman–Crippen MR) is 107 cm³/mol. The molecule has 1 heterocycles. The predicted octanol–water partition coefficient (Wildman–Crippen LogP) is 3.47. The molecule has 1 aromatic carbocycles. The number of nitrogens with zero attached hydrogens (tertiary/aromatic N) is 2. The van der Waals surface area contributed by atoms with E-state index in [4.69, 9.17) is 4.52 Å². The minimum absolute atomic E-state index is 0. The Kier molecular flexibility index (Phi) is 7.08. The van der Waals surface area contributed by atoms with Gasteiger partial charge in [0.1, 0.15) is 12.0 Å². The van der Waals surface area contributed by atoms with Crippen molar-refractivity contribution < 1.29 is 4.52 Å². The summed E-state index contributed by atoms with van der Waals surface area (Å²) in [5.41, 5.74) is 2.51. The third-order valence-corrected chi connectivity index (χ3v) is 4.69. The molecule has 0 spiro atoms. The second-order valence-electron chi connectivity index (χ2n) is 6.12. The number of hydrogen-bond donors (Lipinski definition) is 2. The highest BCUT2D eigenvalue weighted by atomic mass is 127. The van der Waals surface area contributed by atoms with Crippen LogP contribution in [0.2, 0.25) is 0 Å². The molecule has 24 heavy (non-hydrogen) atoms. The molecular formula is C18H25IN4O. The van der Waals surface area contributed by atoms with E-state index in [1.54, 1.807) is 13.3 Å². The number of hydrogen-bond acceptors (Lipinski definition) is 3. The van der Waals surface area contributed by atoms with Gasteiger partial charge in [-0.05, 0) is 18.4 Å². The lowest BCUT2D eigenvalue weighted by atomic mass is 9.79. The quantitative estimate of drug-likeness (QED) is 0.425. The first kappa shape index (κ1) is 18.8. The van der Waals surface area contributed by atoms with Gasteiger partial charge >= 0.3 is 0 Å². The summed E-state index contributed by atoms with van der Waals surface area (Å²) in [5.74, 6) is 0.801. The average Bonchev–Trinajstić information content (AvgIpc) is 3.28. The van der Waals surface area contributed by atoms with E-state index in [1.165, 1.54) is 31.2 Å². The van der Waals surface area contributed by atoms with Crippen LogP contribution >= 0.6 is 24.0 Å². The van der Waals surface area contributed by atoms with E-state index in [2.05, 4.69) is 51.1 Å². The number of nitrogens with one attached hydrogen (secondary N) is 2. The van der Waals surface area contributed by atoms with Crippen molar-refractivity contribution in [1.29, 1.82) is 0 Å². The van der Waals surface area contributed by atoms with Gasteiger partial charge in [-0.3, -0.25) is 4.99 Å². The standard InChI is InChI=1S/C18H24N4O.HI/c1-19-17(20-13-16-9-12-23-22-16)21-14-18(10-5-6-11-18)15-7-3-2-4-8-15;/h2-4,7-9,12H,5-6,10-11,13-14H2,1H3,(H2,19,20,21);1H. The Morgan fingerprint density at radius 3 is 2.54 bits per heavy atom. The summed E-state index contributed by atoms with van der Waals surface area (Å²) in [7, 11) is 1.79. The summed E-state index contributed by atoms with van der Waals surface area (Å²) in [6.07, 6.45) is 6.62. The Morgan fingerprint density at radius 2 is 1.92 bits per heavy atom. The Morgan fingerprint density at radius 1 is 1.17 bits per heavy atom. The number of halogens is 1. The normalized spacial score (nSPS) is 16.5. The van der Waals surface area contributed by atoms with E-state index in [9.17, 15) is 0 Å². The zero-order valence-electron chi connectivity index (χ0n) is 14.0. The number of guanidine groups is 1. The fourth-order valence-electron chi connectivity index (χ4n) is 3.39. The highest BCUT2D eigenvalue weighted by Gasteiger charge is 2.35. The minimum Gasteiger partial charge on any atom is -0.364 e. The first-order valence-electron chi connectivity index (χ1n) is 8.22. The van der Waals surface area contributed by atoms with Crippen LogP contribution in [0.5, 0.6) is 0 Å². The topological polar surface area (TPSA) is 62.5 Å². The van der Waals surface area contributed by atoms with Gasteiger partial charge < -0.3 is 15.2 Å². The fourth-order valence-corrected chi connectivity index (χ4v) is 3.39. The highest BCUT2D eigenvalue weighted by molar-refractivity contribution is 14.0. The monoisotopic (exact) mass is 440 g/mol. The van der Waals surface area contributed by atoms with Gasteiger partial charge in [-0.1, -0.05) is 48.3 Å². The van der Waals surface area contributed by atoms with Crippen molar-refractivity contribution in [2.75, 3.05) is 13.6 Å². The van der Waals surface area contributed by atoms with Crippen molar-refractivity contribution in [2.24, 2.45) is 4.99 Å². The summed E-state index contributed by atoms with van der Waals surface area (Å²) in [5, 5.41) is 10.7. The summed E-state index contributed by atoms with van der Waals surface area (Å²) >= 11 is 0. The van der Waals surface area contributed by atoms with Crippen LogP contribution in [0.1, 0.15) is 36.9 Å². The van der Waals surface area contributed by atoms with E-state index in [0.717, 1.165) is 18.2 Å². The maximum absolute atomic E-state index is 4.85. The summed E-state index contributed by atoms with van der Waals surface area (Å²) in [4.78, 5) is 4.31. The molecule has 0 radical (unpaired) electrons. The van der Waals surface area contributed by atoms with Gasteiger partial charge in [-0.25, -0.2) is 0 Å². The smallest absolute Gasteiger partial charge is 0.191 e. The Hall–Kier alpha value is -1.57. The maximum Gasteiger partial charge on any atom is 0.191 e. The van der Waals surface area contributed by atoms with Gasteiger partial charge in [0.25, 0.3) is 0 Å². The largest absolute Gasteiger partial charge is 0.364 e. The molecule has 1 fully saturated rings. The highest BCUT2D eigenvalue weighted by Crippen LogP contribution is 2.40. The number of rotatable bonds is 5. The van der Waals surface area contributed by atoms with Crippen LogP contribution in [0.4, 0.5) is 0 Å². The zero-order valence-corrected chi connectivity index (χ0v) is 16.3. The molecule has 6 heteroatoms. The van der Waals surface area contributed by atoms with Crippen molar-refractivity contribution in [3.63, 3.8) is 0 Å². The third-order valence-electron chi connectivity index (χ3n) is 4.69. The lowest BCUT2D eigenvalue weighted by Gasteiger charge is -2.30. The van der Waals surface area contributed by atoms with Crippen molar-refractivity contribution in [2.45, 2.75) is 37.6 Å². The van der Waals surface area contributed by atoms with Gasteiger partial charge in [0, 0.05) is 25.1 Å². The Balaban J connectivity index is 0.00000208. The molecule has 0 saturated heterocycles. The number of benzene rings is 1. The maximum atomic E-state index is 4.85. The second-order valence-corrected chi connectivity index (χ2v) is 6.12. The van der Waals surface area contributed by atoms with Crippen LogP contribution in [0.15, 0.2) is 52.2 Å². The second kappa shape index (κ2) is 9.05. The Labute approximate surface area is 160 Å². The van der Waals surface area contributed by atoms with E-state index >= 15 is 0 Å². The molecule has 2 N–H and O–H groups in total. The molecule has 1 aromatic heterocycles. The first-order chi connectivity index (χ1) is 11.3. The Bertz CT molecular complexity index is 622. The molecule has 5 nitrogen and oxygen atoms in total. The van der Waals surface area contributed by atoms with Crippen molar-refractivity contribution in [3.8, 4) is 0 Å².